The first-order chi connectivity index (χ1) is 9.72. The van der Waals surface area contributed by atoms with Gasteiger partial charge in [0.1, 0.15) is 0 Å². The number of aryl methyl sites for hydroxylation is 1. The number of nitrogens with one attached hydrogen (secondary N) is 1. The van der Waals surface area contributed by atoms with Crippen molar-refractivity contribution in [2.45, 2.75) is 44.9 Å². The van der Waals surface area contributed by atoms with E-state index in [2.05, 4.69) is 28.4 Å². The van der Waals surface area contributed by atoms with E-state index in [1.165, 1.54) is 0 Å². The molecule has 2 unspecified atom stereocenters. The van der Waals surface area contributed by atoms with Crippen LogP contribution in [0, 0.1) is 12.8 Å². The molecule has 2 heterocycles. The smallest absolute Gasteiger partial charge is 0.223 e. The van der Waals surface area contributed by atoms with Crippen LogP contribution in [0.4, 0.5) is 0 Å². The topological polar surface area (TPSA) is 49.0 Å². The summed E-state index contributed by atoms with van der Waals surface area (Å²) >= 11 is 0. The molecular weight excluding hydrogens is 250 g/mol. The number of aromatic nitrogens is 2. The van der Waals surface area contributed by atoms with Crippen molar-refractivity contribution < 1.29 is 4.79 Å². The van der Waals surface area contributed by atoms with Crippen molar-refractivity contribution in [2.75, 3.05) is 13.1 Å². The summed E-state index contributed by atoms with van der Waals surface area (Å²) in [6.07, 6.45) is 9.58. The first kappa shape index (κ1) is 13.4. The van der Waals surface area contributed by atoms with Crippen molar-refractivity contribution in [3.63, 3.8) is 0 Å². The lowest BCUT2D eigenvalue weighted by atomic mass is 9.93. The minimum atomic E-state index is 0.318. The van der Waals surface area contributed by atoms with Gasteiger partial charge in [-0.3, -0.25) is 9.89 Å². The highest BCUT2D eigenvalue weighted by Crippen LogP contribution is 2.28. The average molecular weight is 273 g/mol. The summed E-state index contributed by atoms with van der Waals surface area (Å²) in [6.45, 7) is 3.77. The number of amides is 1. The summed E-state index contributed by atoms with van der Waals surface area (Å²) in [7, 11) is 0. The van der Waals surface area contributed by atoms with Crippen molar-refractivity contribution in [1.82, 2.24) is 15.1 Å². The number of carbonyl (C=O) groups is 1. The van der Waals surface area contributed by atoms with E-state index in [9.17, 15) is 4.79 Å². The molecule has 1 N–H and O–H groups in total. The highest BCUT2D eigenvalue weighted by Gasteiger charge is 2.27. The maximum atomic E-state index is 12.4. The fourth-order valence-electron chi connectivity index (χ4n) is 3.31. The minimum Gasteiger partial charge on any atom is -0.342 e. The molecule has 0 bridgehead atoms. The van der Waals surface area contributed by atoms with Crippen molar-refractivity contribution >= 4 is 5.91 Å². The van der Waals surface area contributed by atoms with Crippen LogP contribution in [0.2, 0.25) is 0 Å². The zero-order chi connectivity index (χ0) is 13.9. The fraction of sp³-hybridized carbons (Fsp3) is 0.625. The Hall–Kier alpha value is -1.58. The maximum absolute atomic E-state index is 12.4. The zero-order valence-electron chi connectivity index (χ0n) is 12.1. The van der Waals surface area contributed by atoms with Gasteiger partial charge in [0.2, 0.25) is 5.91 Å². The van der Waals surface area contributed by atoms with Gasteiger partial charge in [0.25, 0.3) is 0 Å². The standard InChI is InChI=1S/C16H23N3O/c1-12-9-15(18-17-12)14-7-4-8-19(11-14)16(20)10-13-5-2-3-6-13/h2,5,9,13-14H,3-4,6-8,10-11H2,1H3,(H,17,18). The van der Waals surface area contributed by atoms with Crippen LogP contribution < -0.4 is 0 Å². The molecule has 1 fully saturated rings. The number of rotatable bonds is 3. The van der Waals surface area contributed by atoms with E-state index in [1.54, 1.807) is 0 Å². The second-order valence-corrected chi connectivity index (χ2v) is 6.12. The second kappa shape index (κ2) is 5.81. The second-order valence-electron chi connectivity index (χ2n) is 6.12. The highest BCUT2D eigenvalue weighted by molar-refractivity contribution is 5.77. The van der Waals surface area contributed by atoms with E-state index in [4.69, 9.17) is 0 Å². The molecule has 2 atom stereocenters. The van der Waals surface area contributed by atoms with Crippen LogP contribution >= 0.6 is 0 Å². The Morgan fingerprint density at radius 3 is 3.10 bits per heavy atom. The Morgan fingerprint density at radius 1 is 1.50 bits per heavy atom. The SMILES string of the molecule is Cc1cc(C2CCCN(C(=O)CC3C=CCC3)C2)n[nH]1. The number of piperidine rings is 1. The molecule has 4 heteroatoms. The van der Waals surface area contributed by atoms with Gasteiger partial charge in [-0.05, 0) is 44.6 Å². The molecule has 0 aromatic carbocycles. The number of aromatic amines is 1. The lowest BCUT2D eigenvalue weighted by Gasteiger charge is -2.32. The van der Waals surface area contributed by atoms with Gasteiger partial charge < -0.3 is 4.90 Å². The van der Waals surface area contributed by atoms with Gasteiger partial charge in [-0.15, -0.1) is 0 Å². The molecule has 2 aliphatic rings. The van der Waals surface area contributed by atoms with E-state index in [-0.39, 0.29) is 0 Å². The molecule has 3 rings (SSSR count). The molecular formula is C16H23N3O. The predicted octanol–water partition coefficient (Wildman–Crippen LogP) is 2.78. The largest absolute Gasteiger partial charge is 0.342 e. The summed E-state index contributed by atoms with van der Waals surface area (Å²) in [6, 6.07) is 2.11. The molecule has 0 saturated carbocycles. The van der Waals surface area contributed by atoms with Gasteiger partial charge in [0.15, 0.2) is 0 Å². The van der Waals surface area contributed by atoms with Gasteiger partial charge in [-0.2, -0.15) is 5.10 Å². The summed E-state index contributed by atoms with van der Waals surface area (Å²) in [5.74, 6) is 1.19. The first-order valence-electron chi connectivity index (χ1n) is 7.68. The number of nitrogens with zero attached hydrogens (tertiary/aromatic N) is 2. The van der Waals surface area contributed by atoms with Gasteiger partial charge in [-0.1, -0.05) is 12.2 Å². The maximum Gasteiger partial charge on any atom is 0.223 e. The van der Waals surface area contributed by atoms with Crippen LogP contribution in [0.25, 0.3) is 0 Å². The predicted molar refractivity (Wildman–Crippen MR) is 78.4 cm³/mol. The van der Waals surface area contributed by atoms with Crippen molar-refractivity contribution in [3.8, 4) is 0 Å². The Labute approximate surface area is 120 Å². The number of carbonyl (C=O) groups excluding carboxylic acids is 1. The van der Waals surface area contributed by atoms with Gasteiger partial charge in [0.05, 0.1) is 5.69 Å². The molecule has 108 valence electrons. The third-order valence-corrected chi connectivity index (χ3v) is 4.47. The number of H-pyrrole nitrogens is 1. The van der Waals surface area contributed by atoms with Crippen molar-refractivity contribution in [1.29, 1.82) is 0 Å². The molecule has 1 amide bonds. The quantitative estimate of drug-likeness (QED) is 0.861. The van der Waals surface area contributed by atoms with Gasteiger partial charge in [-0.25, -0.2) is 0 Å². The highest BCUT2D eigenvalue weighted by atomic mass is 16.2. The molecule has 1 saturated heterocycles. The van der Waals surface area contributed by atoms with Crippen LogP contribution in [-0.2, 0) is 4.79 Å². The van der Waals surface area contributed by atoms with Crippen LogP contribution in [0.5, 0.6) is 0 Å². The summed E-state index contributed by atoms with van der Waals surface area (Å²) < 4.78 is 0. The third kappa shape index (κ3) is 2.94. The number of likely N-dealkylation sites (tertiary alicyclic amines) is 1. The molecule has 1 aromatic rings. The molecule has 1 aliphatic heterocycles. The van der Waals surface area contributed by atoms with Crippen LogP contribution in [-0.4, -0.2) is 34.1 Å². The van der Waals surface area contributed by atoms with Gasteiger partial charge >= 0.3 is 0 Å². The lowest BCUT2D eigenvalue weighted by Crippen LogP contribution is -2.39. The Bertz CT molecular complexity index is 506. The van der Waals surface area contributed by atoms with Crippen molar-refractivity contribution in [3.05, 3.63) is 29.6 Å². The van der Waals surface area contributed by atoms with E-state index in [0.29, 0.717) is 24.2 Å². The van der Waals surface area contributed by atoms with Crippen LogP contribution in [0.1, 0.15) is 49.4 Å². The van der Waals surface area contributed by atoms with Crippen LogP contribution in [0.3, 0.4) is 0 Å². The molecule has 4 nitrogen and oxygen atoms in total. The number of allylic oxidation sites excluding steroid dienone is 2. The van der Waals surface area contributed by atoms with Gasteiger partial charge in [0, 0.05) is 31.1 Å². The molecule has 1 aliphatic carbocycles. The Morgan fingerprint density at radius 2 is 2.40 bits per heavy atom. The summed E-state index contributed by atoms with van der Waals surface area (Å²) in [5.41, 5.74) is 2.21. The monoisotopic (exact) mass is 273 g/mol. The van der Waals surface area contributed by atoms with E-state index < -0.39 is 0 Å². The minimum absolute atomic E-state index is 0.318. The van der Waals surface area contributed by atoms with E-state index in [0.717, 1.165) is 50.2 Å². The van der Waals surface area contributed by atoms with E-state index in [1.807, 2.05) is 11.8 Å². The number of hydrogen-bond acceptors (Lipinski definition) is 2. The van der Waals surface area contributed by atoms with Crippen molar-refractivity contribution in [2.24, 2.45) is 5.92 Å². The van der Waals surface area contributed by atoms with Crippen LogP contribution in [0.15, 0.2) is 18.2 Å². The fourth-order valence-corrected chi connectivity index (χ4v) is 3.31. The molecule has 0 spiro atoms. The molecule has 20 heavy (non-hydrogen) atoms. The average Bonchev–Trinajstić information content (AvgIpc) is 3.10. The zero-order valence-corrected chi connectivity index (χ0v) is 12.1. The van der Waals surface area contributed by atoms with E-state index >= 15 is 0 Å². The summed E-state index contributed by atoms with van der Waals surface area (Å²) in [4.78, 5) is 14.4. The first-order valence-corrected chi connectivity index (χ1v) is 7.68. The number of hydrogen-bond donors (Lipinski definition) is 1. The summed E-state index contributed by atoms with van der Waals surface area (Å²) in [5, 5.41) is 7.37. The molecule has 0 radical (unpaired) electrons. The molecule has 1 aromatic heterocycles. The third-order valence-electron chi connectivity index (χ3n) is 4.47. The normalized spacial score (nSPS) is 26.1. The Balaban J connectivity index is 1.59. The Kier molecular flexibility index (Phi) is 3.90. The lowest BCUT2D eigenvalue weighted by molar-refractivity contribution is -0.133.